The molecule has 0 saturated carbocycles. The largest absolute Gasteiger partial charge is 0.507 e. The third-order valence-electron chi connectivity index (χ3n) is 7.15. The number of Topliss-reactive ketones (excluding diaryl/α,β-unsaturated/α-hetero) is 1. The maximum absolute atomic E-state index is 13.6. The van der Waals surface area contributed by atoms with Crippen LogP contribution in [0.1, 0.15) is 47.7 Å². The van der Waals surface area contributed by atoms with Crippen LogP contribution >= 0.6 is 11.3 Å². The quantitative estimate of drug-likeness (QED) is 0.183. The first-order chi connectivity index (χ1) is 18.7. The molecule has 1 saturated heterocycles. The van der Waals surface area contributed by atoms with E-state index in [0.29, 0.717) is 35.0 Å². The number of nitrogens with zero attached hydrogens (tertiary/aromatic N) is 2. The first-order valence-corrected chi connectivity index (χ1v) is 13.8. The molecule has 0 aliphatic carbocycles. The molecule has 0 bridgehead atoms. The van der Waals surface area contributed by atoms with Gasteiger partial charge >= 0.3 is 5.91 Å². The summed E-state index contributed by atoms with van der Waals surface area (Å²) in [6, 6.07) is 15.8. The highest BCUT2D eigenvalue weighted by Gasteiger charge is 2.48. The zero-order chi connectivity index (χ0) is 27.4. The number of hydrogen-bond acceptors (Lipinski definition) is 7. The zero-order valence-corrected chi connectivity index (χ0v) is 23.0. The lowest BCUT2D eigenvalue weighted by Gasteiger charge is -2.23. The third kappa shape index (κ3) is 4.25. The van der Waals surface area contributed by atoms with Gasteiger partial charge in [0.15, 0.2) is 5.13 Å². The van der Waals surface area contributed by atoms with E-state index in [-0.39, 0.29) is 17.4 Å². The molecule has 1 fully saturated rings. The number of aliphatic hydroxyl groups excluding tert-OH is 1. The fourth-order valence-electron chi connectivity index (χ4n) is 5.45. The van der Waals surface area contributed by atoms with Crippen LogP contribution in [0.3, 0.4) is 0 Å². The molecule has 3 aromatic carbocycles. The molecule has 2 atom stereocenters. The summed E-state index contributed by atoms with van der Waals surface area (Å²) in [4.78, 5) is 33.4. The van der Waals surface area contributed by atoms with Gasteiger partial charge in [-0.15, -0.1) is 0 Å². The second-order valence-corrected chi connectivity index (χ2v) is 11.1. The van der Waals surface area contributed by atoms with Crippen molar-refractivity contribution in [3.63, 3.8) is 0 Å². The van der Waals surface area contributed by atoms with Gasteiger partial charge in [0.1, 0.15) is 23.4 Å². The molecule has 2 aliphatic heterocycles. The fraction of sp³-hybridized carbons (Fsp3) is 0.258. The van der Waals surface area contributed by atoms with E-state index >= 15 is 0 Å². The monoisotopic (exact) mass is 540 g/mol. The number of ether oxygens (including phenoxy) is 2. The van der Waals surface area contributed by atoms with Gasteiger partial charge in [0.05, 0.1) is 28.4 Å². The first kappa shape index (κ1) is 25.1. The van der Waals surface area contributed by atoms with Crippen LogP contribution in [0, 0.1) is 13.8 Å². The molecule has 198 valence electrons. The number of amides is 1. The van der Waals surface area contributed by atoms with Crippen LogP contribution in [0.25, 0.3) is 16.0 Å². The van der Waals surface area contributed by atoms with E-state index in [2.05, 4.69) is 0 Å². The minimum atomic E-state index is -0.855. The Morgan fingerprint density at radius 2 is 1.90 bits per heavy atom. The molecule has 0 radical (unpaired) electrons. The van der Waals surface area contributed by atoms with Gasteiger partial charge in [-0.3, -0.25) is 14.5 Å². The van der Waals surface area contributed by atoms with Gasteiger partial charge in [-0.1, -0.05) is 29.5 Å². The molecule has 0 unspecified atom stereocenters. The molecule has 8 heteroatoms. The van der Waals surface area contributed by atoms with Crippen LogP contribution in [0.5, 0.6) is 11.5 Å². The Hall–Kier alpha value is -4.17. The second kappa shape index (κ2) is 9.54. The van der Waals surface area contributed by atoms with E-state index < -0.39 is 17.7 Å². The number of hydrogen-bond donors (Lipinski definition) is 1. The number of anilines is 1. The van der Waals surface area contributed by atoms with E-state index in [9.17, 15) is 14.7 Å². The molecule has 0 spiro atoms. The number of aryl methyl sites for hydroxylation is 2. The molecule has 2 aliphatic rings. The minimum absolute atomic E-state index is 0.0308. The summed E-state index contributed by atoms with van der Waals surface area (Å²) < 4.78 is 12.3. The molecule has 39 heavy (non-hydrogen) atoms. The lowest BCUT2D eigenvalue weighted by molar-refractivity contribution is -0.132. The highest BCUT2D eigenvalue weighted by Crippen LogP contribution is 2.45. The Balaban J connectivity index is 1.53. The van der Waals surface area contributed by atoms with Gasteiger partial charge in [-0.25, -0.2) is 4.98 Å². The average molecular weight is 541 g/mol. The van der Waals surface area contributed by atoms with Crippen molar-refractivity contribution >= 4 is 44.1 Å². The predicted molar refractivity (Wildman–Crippen MR) is 152 cm³/mol. The maximum Gasteiger partial charge on any atom is 0.301 e. The first-order valence-electron chi connectivity index (χ1n) is 13.0. The van der Waals surface area contributed by atoms with Gasteiger partial charge in [-0.05, 0) is 86.3 Å². The third-order valence-corrected chi connectivity index (χ3v) is 8.15. The second-order valence-electron chi connectivity index (χ2n) is 10.1. The van der Waals surface area contributed by atoms with Crippen molar-refractivity contribution in [1.82, 2.24) is 4.98 Å². The number of aliphatic hydroxyl groups is 1. The van der Waals surface area contributed by atoms with Crippen molar-refractivity contribution in [2.24, 2.45) is 0 Å². The maximum atomic E-state index is 13.6. The number of aromatic nitrogens is 1. The number of fused-ring (bicyclic) bond motifs is 2. The highest BCUT2D eigenvalue weighted by atomic mass is 32.1. The van der Waals surface area contributed by atoms with Crippen molar-refractivity contribution in [3.8, 4) is 11.5 Å². The van der Waals surface area contributed by atoms with Crippen molar-refractivity contribution in [2.45, 2.75) is 46.3 Å². The summed E-state index contributed by atoms with van der Waals surface area (Å²) in [7, 11) is 0. The number of ketones is 1. The summed E-state index contributed by atoms with van der Waals surface area (Å²) in [5.74, 6) is -0.240. The summed E-state index contributed by atoms with van der Waals surface area (Å²) in [5, 5.41) is 12.0. The van der Waals surface area contributed by atoms with E-state index in [1.54, 1.807) is 24.3 Å². The van der Waals surface area contributed by atoms with Crippen molar-refractivity contribution in [1.29, 1.82) is 0 Å². The number of thiazole rings is 1. The Morgan fingerprint density at radius 3 is 2.64 bits per heavy atom. The van der Waals surface area contributed by atoms with Crippen LogP contribution in [0.15, 0.2) is 60.2 Å². The molecule has 1 aromatic heterocycles. The van der Waals surface area contributed by atoms with Crippen LogP contribution in [-0.2, 0) is 16.0 Å². The summed E-state index contributed by atoms with van der Waals surface area (Å²) in [6.45, 7) is 8.40. The molecular formula is C31H28N2O5S. The average Bonchev–Trinajstić information content (AvgIpc) is 3.57. The van der Waals surface area contributed by atoms with Gasteiger partial charge in [-0.2, -0.15) is 0 Å². The van der Waals surface area contributed by atoms with E-state index in [0.717, 1.165) is 32.7 Å². The van der Waals surface area contributed by atoms with Crippen LogP contribution in [0.2, 0.25) is 0 Å². The van der Waals surface area contributed by atoms with E-state index in [1.807, 2.05) is 58.0 Å². The standard InChI is InChI=1S/C31H28N2O5S/c1-5-37-22-9-6-19(7-10-22)27-25(28(34)20-8-11-23-21(15-20)14-18(4)38-23)29(35)30(36)33(27)31-32-26-17(3)12-16(2)13-24(26)39-31/h6-13,15,18,27,34H,5,14H2,1-4H3/t18-,27-/m1/s1. The molecule has 7 nitrogen and oxygen atoms in total. The molecule has 1 amide bonds. The van der Waals surface area contributed by atoms with E-state index in [1.165, 1.54) is 16.2 Å². The molecule has 3 heterocycles. The molecule has 6 rings (SSSR count). The van der Waals surface area contributed by atoms with E-state index in [4.69, 9.17) is 14.5 Å². The van der Waals surface area contributed by atoms with Gasteiger partial charge < -0.3 is 14.6 Å². The van der Waals surface area contributed by atoms with Gasteiger partial charge in [0.25, 0.3) is 5.78 Å². The summed E-state index contributed by atoms with van der Waals surface area (Å²) in [6.07, 6.45) is 0.746. The zero-order valence-electron chi connectivity index (χ0n) is 22.1. The number of carbonyl (C=O) groups excluding carboxylic acids is 2. The normalized spacial score (nSPS) is 19.9. The Kier molecular flexibility index (Phi) is 6.14. The minimum Gasteiger partial charge on any atom is -0.507 e. The SMILES string of the molecule is CCOc1ccc([C@@H]2C(=C(O)c3ccc4c(c3)C[C@@H](C)O4)C(=O)C(=O)N2c2nc3c(C)cc(C)cc3s2)cc1. The summed E-state index contributed by atoms with van der Waals surface area (Å²) in [5.41, 5.74) is 5.01. The Morgan fingerprint density at radius 1 is 1.13 bits per heavy atom. The molecular weight excluding hydrogens is 512 g/mol. The van der Waals surface area contributed by atoms with Crippen LogP contribution in [-0.4, -0.2) is 34.5 Å². The Bertz CT molecular complexity index is 1670. The number of benzene rings is 3. The Labute approximate surface area is 230 Å². The number of carbonyl (C=O) groups is 2. The van der Waals surface area contributed by atoms with Crippen molar-refractivity contribution < 1.29 is 24.2 Å². The van der Waals surface area contributed by atoms with Crippen molar-refractivity contribution in [3.05, 3.63) is 88.0 Å². The topological polar surface area (TPSA) is 89.0 Å². The smallest absolute Gasteiger partial charge is 0.301 e. The lowest BCUT2D eigenvalue weighted by Crippen LogP contribution is -2.29. The lowest BCUT2D eigenvalue weighted by atomic mass is 9.94. The molecule has 1 N–H and O–H groups in total. The van der Waals surface area contributed by atoms with Crippen LogP contribution in [0.4, 0.5) is 5.13 Å². The van der Waals surface area contributed by atoms with Gasteiger partial charge in [0, 0.05) is 12.0 Å². The molecule has 4 aromatic rings. The van der Waals surface area contributed by atoms with Crippen LogP contribution < -0.4 is 14.4 Å². The predicted octanol–water partition coefficient (Wildman–Crippen LogP) is 6.26. The van der Waals surface area contributed by atoms with Gasteiger partial charge in [0.2, 0.25) is 0 Å². The highest BCUT2D eigenvalue weighted by molar-refractivity contribution is 7.22. The fourth-order valence-corrected chi connectivity index (χ4v) is 6.61. The van der Waals surface area contributed by atoms with Crippen molar-refractivity contribution in [2.75, 3.05) is 11.5 Å². The number of rotatable bonds is 5. The summed E-state index contributed by atoms with van der Waals surface area (Å²) >= 11 is 1.36.